The third kappa shape index (κ3) is 4.82. The predicted molar refractivity (Wildman–Crippen MR) is 97.9 cm³/mol. The number of carbonyl (C=O) groups excluding carboxylic acids is 1. The molecule has 2 N–H and O–H groups in total. The average Bonchev–Trinajstić information content (AvgIpc) is 2.65. The van der Waals surface area contributed by atoms with Gasteiger partial charge >= 0.3 is 0 Å². The minimum absolute atomic E-state index is 0.0820. The third-order valence-electron chi connectivity index (χ3n) is 4.54. The van der Waals surface area contributed by atoms with Crippen LogP contribution < -0.4 is 10.0 Å². The Bertz CT molecular complexity index is 924. The maximum absolute atomic E-state index is 13.2. The Hall–Kier alpha value is -2.48. The van der Waals surface area contributed by atoms with E-state index < -0.39 is 21.7 Å². The topological polar surface area (TPSA) is 75.3 Å². The van der Waals surface area contributed by atoms with Gasteiger partial charge in [-0.15, -0.1) is 0 Å². The van der Waals surface area contributed by atoms with E-state index in [0.29, 0.717) is 5.56 Å². The van der Waals surface area contributed by atoms with E-state index in [0.717, 1.165) is 43.9 Å². The maximum atomic E-state index is 13.2. The van der Waals surface area contributed by atoms with Gasteiger partial charge in [0.05, 0.1) is 10.6 Å². The standard InChI is InChI=1S/C19H20F2N2O3S/c20-17-11-8-15(12-18(17)21)23-27(25,26)16-9-6-13(7-10-16)19(24)22-14-4-2-1-3-5-14/h6-12,14,23H,1-5H2,(H,22,24). The van der Waals surface area contributed by atoms with E-state index in [9.17, 15) is 22.0 Å². The lowest BCUT2D eigenvalue weighted by molar-refractivity contribution is 0.0927. The monoisotopic (exact) mass is 394 g/mol. The zero-order valence-corrected chi connectivity index (χ0v) is 15.4. The molecule has 0 radical (unpaired) electrons. The minimum atomic E-state index is -3.98. The van der Waals surface area contributed by atoms with Gasteiger partial charge in [-0.05, 0) is 49.2 Å². The number of halogens is 2. The van der Waals surface area contributed by atoms with Gasteiger partial charge in [0.25, 0.3) is 15.9 Å². The van der Waals surface area contributed by atoms with E-state index in [1.54, 1.807) is 0 Å². The molecule has 0 saturated heterocycles. The quantitative estimate of drug-likeness (QED) is 0.809. The van der Waals surface area contributed by atoms with E-state index in [2.05, 4.69) is 10.0 Å². The van der Waals surface area contributed by atoms with E-state index in [4.69, 9.17) is 0 Å². The smallest absolute Gasteiger partial charge is 0.261 e. The van der Waals surface area contributed by atoms with Crippen molar-refractivity contribution in [2.24, 2.45) is 0 Å². The van der Waals surface area contributed by atoms with Gasteiger partial charge in [0.15, 0.2) is 11.6 Å². The summed E-state index contributed by atoms with van der Waals surface area (Å²) in [6, 6.07) is 8.35. The van der Waals surface area contributed by atoms with Crippen LogP contribution in [0.5, 0.6) is 0 Å². The number of anilines is 1. The third-order valence-corrected chi connectivity index (χ3v) is 5.94. The van der Waals surface area contributed by atoms with Crippen molar-refractivity contribution in [3.8, 4) is 0 Å². The number of sulfonamides is 1. The van der Waals surface area contributed by atoms with Crippen molar-refractivity contribution in [1.29, 1.82) is 0 Å². The lowest BCUT2D eigenvalue weighted by Crippen LogP contribution is -2.36. The normalized spacial score (nSPS) is 15.3. The van der Waals surface area contributed by atoms with Crippen LogP contribution >= 0.6 is 0 Å². The molecule has 2 aromatic carbocycles. The highest BCUT2D eigenvalue weighted by Gasteiger charge is 2.19. The van der Waals surface area contributed by atoms with Crippen molar-refractivity contribution in [1.82, 2.24) is 5.32 Å². The molecule has 2 aromatic rings. The van der Waals surface area contributed by atoms with Crippen molar-refractivity contribution in [2.75, 3.05) is 4.72 Å². The fraction of sp³-hybridized carbons (Fsp3) is 0.316. The maximum Gasteiger partial charge on any atom is 0.261 e. The Morgan fingerprint density at radius 1 is 0.926 bits per heavy atom. The van der Waals surface area contributed by atoms with E-state index in [1.807, 2.05) is 0 Å². The summed E-state index contributed by atoms with van der Waals surface area (Å²) < 4.78 is 53.1. The number of amides is 1. The molecule has 0 heterocycles. The second-order valence-electron chi connectivity index (χ2n) is 6.57. The van der Waals surface area contributed by atoms with Crippen LogP contribution in [0.1, 0.15) is 42.5 Å². The number of nitrogens with one attached hydrogen (secondary N) is 2. The molecule has 5 nitrogen and oxygen atoms in total. The van der Waals surface area contributed by atoms with Gasteiger partial charge in [0.1, 0.15) is 0 Å². The number of benzene rings is 2. The summed E-state index contributed by atoms with van der Waals surface area (Å²) in [6.07, 6.45) is 5.28. The molecule has 1 saturated carbocycles. The van der Waals surface area contributed by atoms with E-state index in [-0.39, 0.29) is 22.5 Å². The van der Waals surface area contributed by atoms with E-state index in [1.165, 1.54) is 30.7 Å². The summed E-state index contributed by atoms with van der Waals surface area (Å²) in [7, 11) is -3.98. The molecule has 8 heteroatoms. The lowest BCUT2D eigenvalue weighted by atomic mass is 9.95. The van der Waals surface area contributed by atoms with Crippen LogP contribution in [0, 0.1) is 11.6 Å². The number of rotatable bonds is 5. The van der Waals surface area contributed by atoms with Gasteiger partial charge < -0.3 is 5.32 Å². The Morgan fingerprint density at radius 2 is 1.59 bits per heavy atom. The van der Waals surface area contributed by atoms with E-state index >= 15 is 0 Å². The first-order valence-corrected chi connectivity index (χ1v) is 10.2. The van der Waals surface area contributed by atoms with Crippen LogP contribution in [0.15, 0.2) is 47.4 Å². The molecule has 0 bridgehead atoms. The Kier molecular flexibility index (Phi) is 5.74. The zero-order chi connectivity index (χ0) is 19.4. The molecule has 0 unspecified atom stereocenters. The van der Waals surface area contributed by atoms with Gasteiger partial charge in [0.2, 0.25) is 0 Å². The first-order chi connectivity index (χ1) is 12.8. The average molecular weight is 394 g/mol. The Morgan fingerprint density at radius 3 is 2.22 bits per heavy atom. The fourth-order valence-corrected chi connectivity index (χ4v) is 4.12. The molecule has 1 fully saturated rings. The number of hydrogen-bond acceptors (Lipinski definition) is 3. The van der Waals surface area contributed by atoms with Gasteiger partial charge in [-0.2, -0.15) is 0 Å². The highest BCUT2D eigenvalue weighted by molar-refractivity contribution is 7.92. The molecule has 3 rings (SSSR count). The Balaban J connectivity index is 1.69. The summed E-state index contributed by atoms with van der Waals surface area (Å²) in [6.45, 7) is 0. The number of hydrogen-bond donors (Lipinski definition) is 2. The van der Waals surface area contributed by atoms with Crippen LogP contribution in [0.3, 0.4) is 0 Å². The van der Waals surface area contributed by atoms with Gasteiger partial charge in [0, 0.05) is 17.7 Å². The summed E-state index contributed by atoms with van der Waals surface area (Å²) >= 11 is 0. The van der Waals surface area contributed by atoms with Crippen LogP contribution in [0.2, 0.25) is 0 Å². The SMILES string of the molecule is O=C(NC1CCCCC1)c1ccc(S(=O)(=O)Nc2ccc(F)c(F)c2)cc1. The zero-order valence-electron chi connectivity index (χ0n) is 14.5. The molecule has 0 aliphatic heterocycles. The first kappa shape index (κ1) is 19.3. The van der Waals surface area contributed by atoms with Gasteiger partial charge in [-0.3, -0.25) is 9.52 Å². The summed E-state index contributed by atoms with van der Waals surface area (Å²) in [5.41, 5.74) is 0.278. The predicted octanol–water partition coefficient (Wildman–Crippen LogP) is 3.83. The number of carbonyl (C=O) groups is 1. The molecule has 0 aromatic heterocycles. The van der Waals surface area contributed by atoms with Crippen molar-refractivity contribution < 1.29 is 22.0 Å². The van der Waals surface area contributed by atoms with Crippen molar-refractivity contribution >= 4 is 21.6 Å². The largest absolute Gasteiger partial charge is 0.349 e. The first-order valence-electron chi connectivity index (χ1n) is 8.74. The van der Waals surface area contributed by atoms with Crippen LogP contribution in [0.25, 0.3) is 0 Å². The van der Waals surface area contributed by atoms with Crippen molar-refractivity contribution in [3.63, 3.8) is 0 Å². The van der Waals surface area contributed by atoms with Crippen LogP contribution in [-0.2, 0) is 10.0 Å². The molecule has 0 atom stereocenters. The molecule has 27 heavy (non-hydrogen) atoms. The molecular weight excluding hydrogens is 374 g/mol. The molecule has 1 aliphatic carbocycles. The Labute approximate surface area is 156 Å². The second-order valence-corrected chi connectivity index (χ2v) is 8.25. The second kappa shape index (κ2) is 8.04. The van der Waals surface area contributed by atoms with Crippen molar-refractivity contribution in [2.45, 2.75) is 43.0 Å². The fourth-order valence-electron chi connectivity index (χ4n) is 3.07. The van der Waals surface area contributed by atoms with Gasteiger partial charge in [-0.1, -0.05) is 19.3 Å². The van der Waals surface area contributed by atoms with Gasteiger partial charge in [-0.25, -0.2) is 17.2 Å². The molecule has 144 valence electrons. The van der Waals surface area contributed by atoms with Crippen molar-refractivity contribution in [3.05, 3.63) is 59.7 Å². The summed E-state index contributed by atoms with van der Waals surface area (Å²) in [5.74, 6) is -2.45. The molecule has 1 aliphatic rings. The van der Waals surface area contributed by atoms with Crippen LogP contribution in [-0.4, -0.2) is 20.4 Å². The van der Waals surface area contributed by atoms with Crippen LogP contribution in [0.4, 0.5) is 14.5 Å². The lowest BCUT2D eigenvalue weighted by Gasteiger charge is -2.22. The molecule has 0 spiro atoms. The highest BCUT2D eigenvalue weighted by Crippen LogP contribution is 2.20. The minimum Gasteiger partial charge on any atom is -0.349 e. The summed E-state index contributed by atoms with van der Waals surface area (Å²) in [4.78, 5) is 12.2. The molecule has 1 amide bonds. The highest BCUT2D eigenvalue weighted by atomic mass is 32.2. The summed E-state index contributed by atoms with van der Waals surface area (Å²) in [5, 5.41) is 2.96. The molecular formula is C19H20F2N2O3S.